The van der Waals surface area contributed by atoms with Crippen molar-refractivity contribution >= 4 is 11.9 Å². The van der Waals surface area contributed by atoms with Crippen molar-refractivity contribution in [1.82, 2.24) is 0 Å². The molecule has 0 heterocycles. The molecule has 0 aliphatic carbocycles. The van der Waals surface area contributed by atoms with Crippen LogP contribution in [0.25, 0.3) is 0 Å². The molecule has 0 atom stereocenters. The molecule has 100 valence electrons. The first-order chi connectivity index (χ1) is 8.13. The first kappa shape index (κ1) is 15.6. The summed E-state index contributed by atoms with van der Waals surface area (Å²) in [5.74, 6) is -0.950. The molecule has 17 heavy (non-hydrogen) atoms. The third-order valence-corrected chi connectivity index (χ3v) is 1.50. The molecule has 0 spiro atoms. The number of hydrogen-bond donors (Lipinski definition) is 3. The van der Waals surface area contributed by atoms with Crippen LogP contribution < -0.4 is 11.5 Å². The van der Waals surface area contributed by atoms with Crippen LogP contribution in [-0.2, 0) is 19.0 Å². The highest BCUT2D eigenvalue weighted by Gasteiger charge is 1.95. The number of carbonyl (C=O) groups is 1. The quantitative estimate of drug-likeness (QED) is 0.228. The molecule has 0 bridgehead atoms. The van der Waals surface area contributed by atoms with E-state index in [0.717, 1.165) is 0 Å². The van der Waals surface area contributed by atoms with Crippen LogP contribution in [0.1, 0.15) is 0 Å². The van der Waals surface area contributed by atoms with E-state index in [1.54, 1.807) is 0 Å². The van der Waals surface area contributed by atoms with Crippen LogP contribution >= 0.6 is 0 Å². The van der Waals surface area contributed by atoms with Crippen LogP contribution in [0, 0.1) is 0 Å². The second-order valence-electron chi connectivity index (χ2n) is 2.98. The molecule has 0 radical (unpaired) electrons. The van der Waals surface area contributed by atoms with Crippen LogP contribution in [0.4, 0.5) is 0 Å². The predicted octanol–water partition coefficient (Wildman–Crippen LogP) is -1.61. The molecule has 8 heteroatoms. The van der Waals surface area contributed by atoms with Gasteiger partial charge in [-0.3, -0.25) is 4.99 Å². The van der Waals surface area contributed by atoms with Crippen molar-refractivity contribution < 1.29 is 24.1 Å². The lowest BCUT2D eigenvalue weighted by Crippen LogP contribution is -2.23. The zero-order valence-electron chi connectivity index (χ0n) is 9.63. The van der Waals surface area contributed by atoms with E-state index in [9.17, 15) is 4.79 Å². The van der Waals surface area contributed by atoms with E-state index in [-0.39, 0.29) is 19.2 Å². The van der Waals surface area contributed by atoms with Gasteiger partial charge in [0.1, 0.15) is 6.61 Å². The second-order valence-corrected chi connectivity index (χ2v) is 2.98. The predicted molar refractivity (Wildman–Crippen MR) is 60.8 cm³/mol. The number of nitrogens with zero attached hydrogens (tertiary/aromatic N) is 1. The fourth-order valence-electron chi connectivity index (χ4n) is 0.839. The van der Waals surface area contributed by atoms with Gasteiger partial charge in [0.25, 0.3) is 0 Å². The third kappa shape index (κ3) is 14.6. The van der Waals surface area contributed by atoms with Crippen molar-refractivity contribution in [1.29, 1.82) is 0 Å². The van der Waals surface area contributed by atoms with Gasteiger partial charge >= 0.3 is 5.97 Å². The smallest absolute Gasteiger partial charge is 0.329 e. The number of carboxylic acid groups (broad SMARTS) is 1. The summed E-state index contributed by atoms with van der Waals surface area (Å²) in [7, 11) is 0. The Balaban J connectivity index is 3.04. The fourth-order valence-corrected chi connectivity index (χ4v) is 0.839. The highest BCUT2D eigenvalue weighted by atomic mass is 16.5. The number of nitrogens with two attached hydrogens (primary N) is 2. The zero-order valence-corrected chi connectivity index (χ0v) is 9.63. The molecule has 0 amide bonds. The topological polar surface area (TPSA) is 129 Å². The molecule has 5 N–H and O–H groups in total. The Labute approximate surface area is 99.5 Å². The monoisotopic (exact) mass is 249 g/mol. The minimum Gasteiger partial charge on any atom is -0.480 e. The largest absolute Gasteiger partial charge is 0.480 e. The number of aliphatic carboxylic acids is 1. The van der Waals surface area contributed by atoms with Gasteiger partial charge in [-0.2, -0.15) is 0 Å². The minimum atomic E-state index is -0.993. The summed E-state index contributed by atoms with van der Waals surface area (Å²) in [5.41, 5.74) is 10.2. The summed E-state index contributed by atoms with van der Waals surface area (Å²) in [5, 5.41) is 8.26. The van der Waals surface area contributed by atoms with Gasteiger partial charge < -0.3 is 30.8 Å². The maximum Gasteiger partial charge on any atom is 0.329 e. The van der Waals surface area contributed by atoms with Gasteiger partial charge in [0.2, 0.25) is 0 Å². The molecule has 0 unspecified atom stereocenters. The minimum absolute atomic E-state index is 0.0421. The van der Waals surface area contributed by atoms with Gasteiger partial charge in [0.05, 0.1) is 39.6 Å². The van der Waals surface area contributed by atoms with E-state index in [1.807, 2.05) is 0 Å². The van der Waals surface area contributed by atoms with Crippen LogP contribution in [0.3, 0.4) is 0 Å². The van der Waals surface area contributed by atoms with E-state index < -0.39 is 5.97 Å². The van der Waals surface area contributed by atoms with E-state index in [2.05, 4.69) is 4.99 Å². The summed E-state index contributed by atoms with van der Waals surface area (Å²) >= 11 is 0. The van der Waals surface area contributed by atoms with Crippen LogP contribution in [-0.4, -0.2) is 63.2 Å². The van der Waals surface area contributed by atoms with Gasteiger partial charge in [-0.25, -0.2) is 4.79 Å². The summed E-state index contributed by atoms with van der Waals surface area (Å²) in [6, 6.07) is 0. The van der Waals surface area contributed by atoms with Crippen molar-refractivity contribution in [2.24, 2.45) is 16.5 Å². The Morgan fingerprint density at radius 3 is 2.06 bits per heavy atom. The van der Waals surface area contributed by atoms with Crippen molar-refractivity contribution in [3.8, 4) is 0 Å². The fraction of sp³-hybridized carbons (Fsp3) is 0.778. The summed E-state index contributed by atoms with van der Waals surface area (Å²) in [4.78, 5) is 13.8. The number of rotatable bonds is 11. The van der Waals surface area contributed by atoms with Crippen LogP contribution in [0.2, 0.25) is 0 Å². The van der Waals surface area contributed by atoms with E-state index >= 15 is 0 Å². The summed E-state index contributed by atoms with van der Waals surface area (Å²) < 4.78 is 15.0. The SMILES string of the molecule is NC(N)=NCCOCCOCCOCC(=O)O. The number of guanidine groups is 1. The van der Waals surface area contributed by atoms with Gasteiger partial charge in [0.15, 0.2) is 5.96 Å². The van der Waals surface area contributed by atoms with Crippen molar-refractivity contribution in [3.05, 3.63) is 0 Å². The average molecular weight is 249 g/mol. The molecule has 0 aromatic carbocycles. The standard InChI is InChI=1S/C9H19N3O5/c10-9(11)12-1-2-15-3-4-16-5-6-17-7-8(13)14/h1-7H2,(H,13,14)(H4,10,11,12). The normalized spacial score (nSPS) is 10.1. The van der Waals surface area contributed by atoms with Gasteiger partial charge in [-0.1, -0.05) is 0 Å². The Kier molecular flexibility index (Phi) is 10.2. The molecule has 0 aliphatic heterocycles. The Morgan fingerprint density at radius 1 is 1.00 bits per heavy atom. The summed E-state index contributed by atoms with van der Waals surface area (Å²) in [6.45, 7) is 1.97. The average Bonchev–Trinajstić information content (AvgIpc) is 2.25. The van der Waals surface area contributed by atoms with Gasteiger partial charge in [-0.05, 0) is 0 Å². The van der Waals surface area contributed by atoms with Crippen molar-refractivity contribution in [2.75, 3.05) is 46.2 Å². The second kappa shape index (κ2) is 11.1. The van der Waals surface area contributed by atoms with Crippen molar-refractivity contribution in [3.63, 3.8) is 0 Å². The lowest BCUT2D eigenvalue weighted by Gasteiger charge is -2.05. The molecular weight excluding hydrogens is 230 g/mol. The van der Waals surface area contributed by atoms with Crippen LogP contribution in [0.5, 0.6) is 0 Å². The molecule has 0 fully saturated rings. The molecule has 8 nitrogen and oxygen atoms in total. The maximum atomic E-state index is 10.1. The first-order valence-electron chi connectivity index (χ1n) is 5.13. The first-order valence-corrected chi connectivity index (χ1v) is 5.13. The maximum absolute atomic E-state index is 10.1. The van der Waals surface area contributed by atoms with E-state index in [0.29, 0.717) is 33.0 Å². The third-order valence-electron chi connectivity index (χ3n) is 1.50. The molecule has 0 saturated carbocycles. The molecule has 0 aliphatic rings. The molecule has 0 aromatic rings. The molecule has 0 rings (SSSR count). The lowest BCUT2D eigenvalue weighted by atomic mass is 10.6. The number of ether oxygens (including phenoxy) is 3. The molecular formula is C9H19N3O5. The molecule has 0 saturated heterocycles. The van der Waals surface area contributed by atoms with Gasteiger partial charge in [0, 0.05) is 0 Å². The number of hydrogen-bond acceptors (Lipinski definition) is 5. The molecule has 0 aromatic heterocycles. The van der Waals surface area contributed by atoms with Crippen LogP contribution in [0.15, 0.2) is 4.99 Å². The van der Waals surface area contributed by atoms with E-state index in [1.165, 1.54) is 0 Å². The van der Waals surface area contributed by atoms with Crippen molar-refractivity contribution in [2.45, 2.75) is 0 Å². The zero-order chi connectivity index (χ0) is 12.9. The number of carboxylic acids is 1. The highest BCUT2D eigenvalue weighted by molar-refractivity contribution is 5.75. The Bertz CT molecular complexity index is 231. The lowest BCUT2D eigenvalue weighted by molar-refractivity contribution is -0.142. The Hall–Kier alpha value is -1.38. The number of aliphatic imine (C=N–C) groups is 1. The Morgan fingerprint density at radius 2 is 1.53 bits per heavy atom. The van der Waals surface area contributed by atoms with Gasteiger partial charge in [-0.15, -0.1) is 0 Å². The summed E-state index contributed by atoms with van der Waals surface area (Å²) in [6.07, 6.45) is 0. The van der Waals surface area contributed by atoms with E-state index in [4.69, 9.17) is 30.8 Å². The highest BCUT2D eigenvalue weighted by Crippen LogP contribution is 1.82.